The number of aliphatic hydroxyl groups is 1. The number of aromatic nitrogens is 2. The van der Waals surface area contributed by atoms with Gasteiger partial charge in [0.15, 0.2) is 5.60 Å². The molecule has 3 aromatic rings. The van der Waals surface area contributed by atoms with Crippen LogP contribution in [0, 0.1) is 0 Å². The van der Waals surface area contributed by atoms with Crippen molar-refractivity contribution in [2.45, 2.75) is 71.6 Å². The third kappa shape index (κ3) is 3.03. The Bertz CT molecular complexity index is 1520. The summed E-state index contributed by atoms with van der Waals surface area (Å²) in [7, 11) is 0. The number of pyridine rings is 2. The molecule has 3 aliphatic heterocycles. The number of hydrogen-bond donors (Lipinski definition) is 1. The number of ether oxygens (including phenoxy) is 1. The van der Waals surface area contributed by atoms with Gasteiger partial charge in [0.25, 0.3) is 5.56 Å². The third-order valence-electron chi connectivity index (χ3n) is 7.80. The van der Waals surface area contributed by atoms with Gasteiger partial charge >= 0.3 is 5.97 Å². The van der Waals surface area contributed by atoms with Crippen LogP contribution in [0.15, 0.2) is 34.1 Å². The lowest BCUT2D eigenvalue weighted by atomic mass is 9.86. The van der Waals surface area contributed by atoms with Crippen molar-refractivity contribution in [3.63, 3.8) is 0 Å². The zero-order valence-corrected chi connectivity index (χ0v) is 20.9. The molecule has 0 saturated carbocycles. The highest BCUT2D eigenvalue weighted by atomic mass is 16.6. The van der Waals surface area contributed by atoms with Crippen LogP contribution in [-0.2, 0) is 28.3 Å². The average Bonchev–Trinajstić information content (AvgIpc) is 3.26. The number of hydrogen-bond acceptors (Lipinski definition) is 7. The molecule has 186 valence electrons. The van der Waals surface area contributed by atoms with Crippen LogP contribution in [0.4, 0.5) is 11.4 Å². The zero-order chi connectivity index (χ0) is 25.2. The fourth-order valence-corrected chi connectivity index (χ4v) is 5.84. The Hall–Kier alpha value is -3.52. The summed E-state index contributed by atoms with van der Waals surface area (Å²) >= 11 is 0. The van der Waals surface area contributed by atoms with Crippen molar-refractivity contribution in [1.82, 2.24) is 9.55 Å². The van der Waals surface area contributed by atoms with Crippen LogP contribution in [-0.4, -0.2) is 33.0 Å². The maximum atomic E-state index is 13.7. The van der Waals surface area contributed by atoms with Crippen LogP contribution in [0.25, 0.3) is 22.3 Å². The number of unbranched alkanes of at least 4 members (excludes halogenated alkanes) is 2. The van der Waals surface area contributed by atoms with E-state index < -0.39 is 11.6 Å². The Balaban J connectivity index is 1.62. The first-order chi connectivity index (χ1) is 17.4. The van der Waals surface area contributed by atoms with Crippen molar-refractivity contribution in [2.24, 2.45) is 4.99 Å². The predicted molar refractivity (Wildman–Crippen MR) is 139 cm³/mol. The molecule has 36 heavy (non-hydrogen) atoms. The monoisotopic (exact) mass is 486 g/mol. The highest BCUT2D eigenvalue weighted by molar-refractivity contribution is 6.16. The van der Waals surface area contributed by atoms with E-state index in [0.29, 0.717) is 23.4 Å². The van der Waals surface area contributed by atoms with Crippen molar-refractivity contribution in [2.75, 3.05) is 11.4 Å². The highest BCUT2D eigenvalue weighted by Crippen LogP contribution is 2.47. The van der Waals surface area contributed by atoms with Gasteiger partial charge < -0.3 is 19.3 Å². The van der Waals surface area contributed by atoms with Gasteiger partial charge in [0.05, 0.1) is 45.8 Å². The highest BCUT2D eigenvalue weighted by Gasteiger charge is 2.45. The summed E-state index contributed by atoms with van der Waals surface area (Å²) in [4.78, 5) is 38.5. The first-order valence-electron chi connectivity index (χ1n) is 12.9. The van der Waals surface area contributed by atoms with E-state index in [9.17, 15) is 14.7 Å². The maximum Gasteiger partial charge on any atom is 0.343 e. The molecule has 3 aliphatic rings. The molecule has 0 radical (unpaired) electrons. The number of benzene rings is 1. The van der Waals surface area contributed by atoms with Crippen molar-refractivity contribution in [3.8, 4) is 11.4 Å². The lowest BCUT2D eigenvalue weighted by Gasteiger charge is -2.32. The molecule has 0 amide bonds. The Labute approximate surface area is 209 Å². The third-order valence-corrected chi connectivity index (χ3v) is 7.80. The van der Waals surface area contributed by atoms with Crippen LogP contribution in [0.3, 0.4) is 0 Å². The molecule has 0 aliphatic carbocycles. The number of amidine groups is 1. The van der Waals surface area contributed by atoms with Gasteiger partial charge in [0.1, 0.15) is 12.4 Å². The molecule has 8 heteroatoms. The van der Waals surface area contributed by atoms with E-state index >= 15 is 0 Å². The van der Waals surface area contributed by atoms with E-state index in [0.717, 1.165) is 71.6 Å². The number of carbonyl (C=O) groups excluding carboxylic acids is 1. The maximum absolute atomic E-state index is 13.7. The van der Waals surface area contributed by atoms with Crippen LogP contribution >= 0.6 is 0 Å². The van der Waals surface area contributed by atoms with Crippen molar-refractivity contribution >= 4 is 34.1 Å². The Morgan fingerprint density at radius 1 is 1.14 bits per heavy atom. The molecule has 5 heterocycles. The molecule has 0 unspecified atom stereocenters. The summed E-state index contributed by atoms with van der Waals surface area (Å²) in [6, 6.07) is 7.75. The number of aliphatic imine (C=N–C) groups is 1. The molecular weight excluding hydrogens is 456 g/mol. The lowest BCUT2D eigenvalue weighted by Crippen LogP contribution is -2.44. The second-order valence-electron chi connectivity index (χ2n) is 9.80. The molecule has 0 saturated heterocycles. The van der Waals surface area contributed by atoms with E-state index in [1.54, 1.807) is 17.6 Å². The minimum Gasteiger partial charge on any atom is -0.458 e. The number of esters is 1. The van der Waals surface area contributed by atoms with Crippen LogP contribution in [0.5, 0.6) is 0 Å². The lowest BCUT2D eigenvalue weighted by molar-refractivity contribution is -0.172. The molecule has 0 bridgehead atoms. The summed E-state index contributed by atoms with van der Waals surface area (Å²) in [6.45, 7) is 7.12. The van der Waals surface area contributed by atoms with Gasteiger partial charge in [-0.25, -0.2) is 14.8 Å². The summed E-state index contributed by atoms with van der Waals surface area (Å²) in [5, 5.41) is 12.2. The number of nitrogens with zero attached hydrogens (tertiary/aromatic N) is 4. The molecule has 1 aromatic carbocycles. The second-order valence-corrected chi connectivity index (χ2v) is 9.80. The molecule has 2 aromatic heterocycles. The van der Waals surface area contributed by atoms with E-state index in [1.165, 1.54) is 0 Å². The van der Waals surface area contributed by atoms with Gasteiger partial charge in [-0.1, -0.05) is 39.7 Å². The van der Waals surface area contributed by atoms with E-state index in [1.807, 2.05) is 18.2 Å². The summed E-state index contributed by atoms with van der Waals surface area (Å²) < 4.78 is 6.93. The van der Waals surface area contributed by atoms with Gasteiger partial charge in [-0.2, -0.15) is 0 Å². The fraction of sp³-hybridized carbons (Fsp3) is 0.429. The SMILES string of the molecule is CCCCCN1C(CC)=Nc2cccc3nc4c(c1c23)Cn1c-4cc2c(c1=O)COC(=O)[C@]2(O)CC. The first kappa shape index (κ1) is 22.9. The number of carbonyl (C=O) groups is 1. The van der Waals surface area contributed by atoms with Gasteiger partial charge in [-0.3, -0.25) is 4.79 Å². The summed E-state index contributed by atoms with van der Waals surface area (Å²) in [5.41, 5.74) is 3.75. The average molecular weight is 487 g/mol. The molecule has 1 atom stereocenters. The molecule has 6 rings (SSSR count). The van der Waals surface area contributed by atoms with Crippen LogP contribution < -0.4 is 10.5 Å². The summed E-state index contributed by atoms with van der Waals surface area (Å²) in [5.74, 6) is 0.304. The quantitative estimate of drug-likeness (QED) is 0.318. The number of rotatable bonds is 6. The van der Waals surface area contributed by atoms with Gasteiger partial charge in [-0.15, -0.1) is 0 Å². The normalized spacial score (nSPS) is 19.6. The molecule has 8 nitrogen and oxygen atoms in total. The first-order valence-corrected chi connectivity index (χ1v) is 12.9. The molecule has 0 fully saturated rings. The van der Waals surface area contributed by atoms with E-state index in [4.69, 9.17) is 14.7 Å². The van der Waals surface area contributed by atoms with Gasteiger partial charge in [-0.05, 0) is 31.0 Å². The predicted octanol–water partition coefficient (Wildman–Crippen LogP) is 4.53. The van der Waals surface area contributed by atoms with Crippen LogP contribution in [0.1, 0.15) is 69.6 Å². The second kappa shape index (κ2) is 8.27. The smallest absolute Gasteiger partial charge is 0.343 e. The standard InChI is InChI=1S/C28H30N4O4/c1-4-7-8-12-31-22(5-2)29-19-10-9-11-20-23(19)25(31)16-14-32-21(24(16)30-20)13-18-17(26(32)33)15-36-27(34)28(18,35)6-3/h9-11,13,35H,4-8,12,14-15H2,1-3H3/t28-/m0/s1. The zero-order valence-electron chi connectivity index (χ0n) is 20.9. The topological polar surface area (TPSA) is 97.0 Å². The van der Waals surface area contributed by atoms with E-state index in [2.05, 4.69) is 18.7 Å². The fourth-order valence-electron chi connectivity index (χ4n) is 5.84. The molecule has 0 spiro atoms. The largest absolute Gasteiger partial charge is 0.458 e. The molecular formula is C28H30N4O4. The summed E-state index contributed by atoms with van der Waals surface area (Å²) in [6.07, 6.45) is 4.21. The Kier molecular flexibility index (Phi) is 5.26. The van der Waals surface area contributed by atoms with Gasteiger partial charge in [0, 0.05) is 24.1 Å². The Morgan fingerprint density at radius 2 is 1.97 bits per heavy atom. The van der Waals surface area contributed by atoms with Crippen molar-refractivity contribution in [1.29, 1.82) is 0 Å². The minimum atomic E-state index is -1.84. The number of fused-ring (bicyclic) bond motifs is 5. The minimum absolute atomic E-state index is 0.121. The van der Waals surface area contributed by atoms with E-state index in [-0.39, 0.29) is 18.6 Å². The van der Waals surface area contributed by atoms with Crippen molar-refractivity contribution in [3.05, 3.63) is 51.3 Å². The number of cyclic esters (lactones) is 1. The van der Waals surface area contributed by atoms with Crippen molar-refractivity contribution < 1.29 is 14.6 Å². The number of anilines is 1. The Morgan fingerprint density at radius 3 is 2.72 bits per heavy atom. The molecule has 1 N–H and O–H groups in total. The van der Waals surface area contributed by atoms with Gasteiger partial charge in [0.2, 0.25) is 0 Å². The van der Waals surface area contributed by atoms with Crippen LogP contribution in [0.2, 0.25) is 0 Å².